The predicted octanol–water partition coefficient (Wildman–Crippen LogP) is 4.59. The van der Waals surface area contributed by atoms with Crippen molar-refractivity contribution in [3.63, 3.8) is 0 Å². The summed E-state index contributed by atoms with van der Waals surface area (Å²) in [4.78, 5) is 13.4. The largest absolute Gasteiger partial charge is 0.486 e. The lowest BCUT2D eigenvalue weighted by Gasteiger charge is -2.25. The summed E-state index contributed by atoms with van der Waals surface area (Å²) in [6.07, 6.45) is 0.399. The van der Waals surface area contributed by atoms with E-state index in [4.69, 9.17) is 9.47 Å². The number of carbonyl (C=O) groups is 1. The zero-order chi connectivity index (χ0) is 19.2. The van der Waals surface area contributed by atoms with E-state index < -0.39 is 0 Å². The van der Waals surface area contributed by atoms with Gasteiger partial charge in [0.1, 0.15) is 19.0 Å². The summed E-state index contributed by atoms with van der Waals surface area (Å²) in [5.41, 5.74) is 1.01. The van der Waals surface area contributed by atoms with Crippen molar-refractivity contribution in [3.05, 3.63) is 53.8 Å². The van der Waals surface area contributed by atoms with Crippen LogP contribution in [0.25, 0.3) is 0 Å². The van der Waals surface area contributed by atoms with E-state index in [1.54, 1.807) is 23.9 Å². The fourth-order valence-corrected chi connectivity index (χ4v) is 3.78. The van der Waals surface area contributed by atoms with Gasteiger partial charge in [-0.3, -0.25) is 4.79 Å². The van der Waals surface area contributed by atoms with Crippen LogP contribution in [0.1, 0.15) is 31.9 Å². The molecule has 2 aromatic carbocycles. The highest BCUT2D eigenvalue weighted by molar-refractivity contribution is 7.99. The molecule has 0 unspecified atom stereocenters. The van der Waals surface area contributed by atoms with Crippen molar-refractivity contribution in [2.45, 2.75) is 31.2 Å². The molecule has 0 radical (unpaired) electrons. The van der Waals surface area contributed by atoms with Gasteiger partial charge >= 0.3 is 0 Å². The molecule has 1 N–H and O–H groups in total. The van der Waals surface area contributed by atoms with Crippen molar-refractivity contribution in [1.82, 2.24) is 5.32 Å². The molecule has 2 aromatic rings. The lowest BCUT2D eigenvalue weighted by Crippen LogP contribution is -2.32. The second-order valence-corrected chi connectivity index (χ2v) is 7.91. The molecule has 1 aliphatic heterocycles. The van der Waals surface area contributed by atoms with Crippen LogP contribution in [-0.4, -0.2) is 24.9 Å². The molecule has 0 saturated carbocycles. The van der Waals surface area contributed by atoms with Crippen molar-refractivity contribution in [3.8, 4) is 11.5 Å². The van der Waals surface area contributed by atoms with Gasteiger partial charge in [0.15, 0.2) is 11.5 Å². The van der Waals surface area contributed by atoms with Crippen molar-refractivity contribution in [1.29, 1.82) is 0 Å². The normalized spacial score (nSPS) is 14.1. The van der Waals surface area contributed by atoms with Gasteiger partial charge in [0.2, 0.25) is 5.91 Å². The van der Waals surface area contributed by atoms with Gasteiger partial charge in [-0.1, -0.05) is 19.9 Å². The van der Waals surface area contributed by atoms with E-state index in [2.05, 4.69) is 19.2 Å². The first-order chi connectivity index (χ1) is 13.0. The van der Waals surface area contributed by atoms with Crippen molar-refractivity contribution in [2.24, 2.45) is 5.92 Å². The number of amides is 1. The zero-order valence-electron chi connectivity index (χ0n) is 15.5. The first-order valence-electron chi connectivity index (χ1n) is 9.10. The Hall–Kier alpha value is -2.21. The highest BCUT2D eigenvalue weighted by atomic mass is 32.2. The minimum absolute atomic E-state index is 0.00167. The standard InChI is InChI=1S/C21H24FNO3S/c1-14(2)21(15-3-8-18-19(13-15)26-11-10-25-18)23-20(24)9-12-27-17-6-4-16(22)5-7-17/h3-8,13-14,21H,9-12H2,1-2H3,(H,23,24)/t21-/m0/s1. The van der Waals surface area contributed by atoms with Gasteiger partial charge in [-0.2, -0.15) is 0 Å². The molecule has 1 amide bonds. The number of rotatable bonds is 7. The number of ether oxygens (including phenoxy) is 2. The second kappa shape index (κ2) is 9.13. The van der Waals surface area contributed by atoms with Crippen LogP contribution in [0, 0.1) is 11.7 Å². The summed E-state index contributed by atoms with van der Waals surface area (Å²) in [6, 6.07) is 12.0. The molecule has 1 aliphatic rings. The monoisotopic (exact) mass is 389 g/mol. The van der Waals surface area contributed by atoms with Crippen molar-refractivity contribution < 1.29 is 18.7 Å². The summed E-state index contributed by atoms with van der Waals surface area (Å²) < 4.78 is 24.1. The SMILES string of the molecule is CC(C)[C@H](NC(=O)CCSc1ccc(F)cc1)c1ccc2c(c1)OCCO2. The molecule has 0 saturated heterocycles. The number of nitrogens with one attached hydrogen (secondary N) is 1. The number of hydrogen-bond donors (Lipinski definition) is 1. The summed E-state index contributed by atoms with van der Waals surface area (Å²) >= 11 is 1.54. The number of fused-ring (bicyclic) bond motifs is 1. The maximum Gasteiger partial charge on any atom is 0.221 e. The van der Waals surface area contributed by atoms with Crippen LogP contribution in [0.2, 0.25) is 0 Å². The van der Waals surface area contributed by atoms with Crippen LogP contribution in [0.3, 0.4) is 0 Å². The molecular weight excluding hydrogens is 365 g/mol. The highest BCUT2D eigenvalue weighted by Crippen LogP contribution is 2.34. The fourth-order valence-electron chi connectivity index (χ4n) is 2.93. The number of carbonyl (C=O) groups excluding carboxylic acids is 1. The van der Waals surface area contributed by atoms with Crippen molar-refractivity contribution in [2.75, 3.05) is 19.0 Å². The van der Waals surface area contributed by atoms with E-state index in [0.717, 1.165) is 22.0 Å². The fraction of sp³-hybridized carbons (Fsp3) is 0.381. The Morgan fingerprint density at radius 2 is 1.81 bits per heavy atom. The van der Waals surface area contributed by atoms with E-state index in [1.165, 1.54) is 12.1 Å². The van der Waals surface area contributed by atoms with Gasteiger partial charge < -0.3 is 14.8 Å². The third-order valence-electron chi connectivity index (χ3n) is 4.32. The highest BCUT2D eigenvalue weighted by Gasteiger charge is 2.21. The summed E-state index contributed by atoms with van der Waals surface area (Å²) in [5, 5.41) is 3.13. The Kier molecular flexibility index (Phi) is 6.61. The maximum absolute atomic E-state index is 12.9. The maximum atomic E-state index is 12.9. The van der Waals surface area contributed by atoms with E-state index in [9.17, 15) is 9.18 Å². The molecule has 144 valence electrons. The topological polar surface area (TPSA) is 47.6 Å². The lowest BCUT2D eigenvalue weighted by atomic mass is 9.95. The molecule has 0 bridgehead atoms. The Morgan fingerprint density at radius 3 is 2.52 bits per heavy atom. The average Bonchev–Trinajstić information content (AvgIpc) is 2.67. The molecular formula is C21H24FNO3S. The molecule has 0 fully saturated rings. The molecule has 0 aromatic heterocycles. The van der Waals surface area contributed by atoms with Crippen LogP contribution in [-0.2, 0) is 4.79 Å². The zero-order valence-corrected chi connectivity index (χ0v) is 16.4. The number of thioether (sulfide) groups is 1. The van der Waals surface area contributed by atoms with E-state index in [0.29, 0.717) is 25.4 Å². The Morgan fingerprint density at radius 1 is 1.11 bits per heavy atom. The minimum Gasteiger partial charge on any atom is -0.486 e. The Balaban J connectivity index is 1.57. The van der Waals surface area contributed by atoms with Gasteiger partial charge in [-0.05, 0) is 47.9 Å². The molecule has 4 nitrogen and oxygen atoms in total. The van der Waals surface area contributed by atoms with E-state index in [-0.39, 0.29) is 23.7 Å². The Bertz CT molecular complexity index is 779. The van der Waals surface area contributed by atoms with Crippen LogP contribution in [0.5, 0.6) is 11.5 Å². The molecule has 27 heavy (non-hydrogen) atoms. The molecule has 1 atom stereocenters. The summed E-state index contributed by atoms with van der Waals surface area (Å²) in [7, 11) is 0. The van der Waals surface area contributed by atoms with Gasteiger partial charge in [0.25, 0.3) is 0 Å². The molecule has 3 rings (SSSR count). The minimum atomic E-state index is -0.253. The van der Waals surface area contributed by atoms with E-state index >= 15 is 0 Å². The third-order valence-corrected chi connectivity index (χ3v) is 5.33. The smallest absolute Gasteiger partial charge is 0.221 e. The lowest BCUT2D eigenvalue weighted by molar-refractivity contribution is -0.121. The van der Waals surface area contributed by atoms with Crippen LogP contribution in [0.15, 0.2) is 47.4 Å². The number of halogens is 1. The first-order valence-corrected chi connectivity index (χ1v) is 10.1. The second-order valence-electron chi connectivity index (χ2n) is 6.74. The van der Waals surface area contributed by atoms with E-state index in [1.807, 2.05) is 18.2 Å². The number of hydrogen-bond acceptors (Lipinski definition) is 4. The first kappa shape index (κ1) is 19.5. The molecule has 0 aliphatic carbocycles. The summed E-state index contributed by atoms with van der Waals surface area (Å²) in [5.74, 6) is 2.10. The molecule has 6 heteroatoms. The van der Waals surface area contributed by atoms with Gasteiger partial charge in [-0.25, -0.2) is 4.39 Å². The summed E-state index contributed by atoms with van der Waals surface area (Å²) in [6.45, 7) is 5.25. The molecule has 0 spiro atoms. The van der Waals surface area contributed by atoms with Crippen LogP contribution in [0.4, 0.5) is 4.39 Å². The average molecular weight is 389 g/mol. The molecule has 1 heterocycles. The van der Waals surface area contributed by atoms with Crippen LogP contribution < -0.4 is 14.8 Å². The van der Waals surface area contributed by atoms with Crippen LogP contribution >= 0.6 is 11.8 Å². The van der Waals surface area contributed by atoms with Gasteiger partial charge in [-0.15, -0.1) is 11.8 Å². The van der Waals surface area contributed by atoms with Gasteiger partial charge in [0, 0.05) is 17.1 Å². The van der Waals surface area contributed by atoms with Crippen molar-refractivity contribution >= 4 is 17.7 Å². The van der Waals surface area contributed by atoms with Gasteiger partial charge in [0.05, 0.1) is 6.04 Å². The third kappa shape index (κ3) is 5.39. The number of benzene rings is 2. The Labute approximate surface area is 163 Å². The predicted molar refractivity (Wildman–Crippen MR) is 105 cm³/mol. The quantitative estimate of drug-likeness (QED) is 0.704.